The first-order valence-corrected chi connectivity index (χ1v) is 9.12. The first-order valence-electron chi connectivity index (χ1n) is 6.09. The predicted octanol–water partition coefficient (Wildman–Crippen LogP) is -0.730. The smallest absolute Gasteiger partial charge is 0.240 e. The van der Waals surface area contributed by atoms with E-state index in [0.29, 0.717) is 19.7 Å². The number of sulfonamides is 2. The summed E-state index contributed by atoms with van der Waals surface area (Å²) >= 11 is 0. The number of hydrogen-bond donors (Lipinski definition) is 3. The van der Waals surface area contributed by atoms with Gasteiger partial charge in [-0.15, -0.1) is 12.4 Å². The molecule has 1 rings (SSSR count). The minimum Gasteiger partial charge on any atom is -0.383 e. The summed E-state index contributed by atoms with van der Waals surface area (Å²) in [6.45, 7) is 1.74. The minimum absolute atomic E-state index is 0. The van der Waals surface area contributed by atoms with Crippen molar-refractivity contribution < 1.29 is 21.6 Å². The molecule has 0 aliphatic rings. The SMILES string of the molecule is COCCNCCNS(=O)(=O)c1cccc(S(N)(=O)=O)c1.Cl. The number of rotatable bonds is 9. The second-order valence-corrected chi connectivity index (χ2v) is 7.49. The van der Waals surface area contributed by atoms with Crippen molar-refractivity contribution in [2.45, 2.75) is 9.79 Å². The summed E-state index contributed by atoms with van der Waals surface area (Å²) in [4.78, 5) is -0.394. The van der Waals surface area contributed by atoms with Crippen molar-refractivity contribution in [1.29, 1.82) is 0 Å². The summed E-state index contributed by atoms with van der Waals surface area (Å²) in [7, 11) is -6.14. The van der Waals surface area contributed by atoms with Gasteiger partial charge in [0.25, 0.3) is 0 Å². The van der Waals surface area contributed by atoms with E-state index in [0.717, 1.165) is 6.07 Å². The van der Waals surface area contributed by atoms with E-state index in [1.165, 1.54) is 18.2 Å². The fourth-order valence-corrected chi connectivity index (χ4v) is 3.19. The molecule has 1 aromatic rings. The van der Waals surface area contributed by atoms with Gasteiger partial charge in [-0.1, -0.05) is 6.07 Å². The fraction of sp³-hybridized carbons (Fsp3) is 0.455. The maximum atomic E-state index is 12.0. The number of primary sulfonamides is 1. The molecule has 1 aromatic carbocycles. The molecule has 8 nitrogen and oxygen atoms in total. The third kappa shape index (κ3) is 7.01. The number of hydrogen-bond acceptors (Lipinski definition) is 6. The summed E-state index contributed by atoms with van der Waals surface area (Å²) in [5, 5.41) is 7.95. The highest BCUT2D eigenvalue weighted by molar-refractivity contribution is 7.90. The summed E-state index contributed by atoms with van der Waals surface area (Å²) in [6.07, 6.45) is 0. The van der Waals surface area contributed by atoms with Gasteiger partial charge in [0.2, 0.25) is 20.0 Å². The van der Waals surface area contributed by atoms with Crippen LogP contribution in [0.4, 0.5) is 0 Å². The Bertz CT molecular complexity index is 664. The maximum Gasteiger partial charge on any atom is 0.240 e. The van der Waals surface area contributed by atoms with Crippen LogP contribution in [-0.2, 0) is 24.8 Å². The van der Waals surface area contributed by atoms with Gasteiger partial charge >= 0.3 is 0 Å². The van der Waals surface area contributed by atoms with Gasteiger partial charge in [0.15, 0.2) is 0 Å². The fourth-order valence-electron chi connectivity index (χ4n) is 1.47. The van der Waals surface area contributed by atoms with E-state index in [9.17, 15) is 16.8 Å². The summed E-state index contributed by atoms with van der Waals surface area (Å²) in [5.74, 6) is 0. The van der Waals surface area contributed by atoms with Gasteiger partial charge in [-0.05, 0) is 18.2 Å². The Labute approximate surface area is 136 Å². The number of nitrogens with one attached hydrogen (secondary N) is 2. The highest BCUT2D eigenvalue weighted by atomic mass is 35.5. The first kappa shape index (κ1) is 21.2. The lowest BCUT2D eigenvalue weighted by molar-refractivity contribution is 0.199. The monoisotopic (exact) mass is 373 g/mol. The van der Waals surface area contributed by atoms with Gasteiger partial charge in [0.1, 0.15) is 0 Å². The molecule has 0 aliphatic carbocycles. The Morgan fingerprint density at radius 3 is 2.32 bits per heavy atom. The van der Waals surface area contributed by atoms with E-state index in [1.807, 2.05) is 0 Å². The zero-order valence-corrected chi connectivity index (χ0v) is 14.4. The molecular formula is C11H20ClN3O5S2. The van der Waals surface area contributed by atoms with Crippen molar-refractivity contribution in [3.63, 3.8) is 0 Å². The summed E-state index contributed by atoms with van der Waals surface area (Å²) < 4.78 is 53.6. The Morgan fingerprint density at radius 1 is 1.09 bits per heavy atom. The maximum absolute atomic E-state index is 12.0. The van der Waals surface area contributed by atoms with Crippen LogP contribution in [0.2, 0.25) is 0 Å². The molecular weight excluding hydrogens is 354 g/mol. The second kappa shape index (κ2) is 9.40. The van der Waals surface area contributed by atoms with E-state index in [2.05, 4.69) is 10.0 Å². The highest BCUT2D eigenvalue weighted by Crippen LogP contribution is 2.14. The van der Waals surface area contributed by atoms with Crippen molar-refractivity contribution in [2.24, 2.45) is 5.14 Å². The van der Waals surface area contributed by atoms with Crippen molar-refractivity contribution in [2.75, 3.05) is 33.4 Å². The number of halogens is 1. The molecule has 11 heteroatoms. The third-order valence-corrected chi connectivity index (χ3v) is 4.89. The van der Waals surface area contributed by atoms with Crippen LogP contribution in [0.5, 0.6) is 0 Å². The van der Waals surface area contributed by atoms with Crippen LogP contribution in [0.3, 0.4) is 0 Å². The second-order valence-electron chi connectivity index (χ2n) is 4.16. The number of methoxy groups -OCH3 is 1. The Hall–Kier alpha value is -0.750. The van der Waals surface area contributed by atoms with Crippen LogP contribution in [0.1, 0.15) is 0 Å². The van der Waals surface area contributed by atoms with Gasteiger partial charge in [0.05, 0.1) is 16.4 Å². The molecule has 0 aliphatic heterocycles. The molecule has 0 fully saturated rings. The van der Waals surface area contributed by atoms with Gasteiger partial charge < -0.3 is 10.1 Å². The zero-order valence-electron chi connectivity index (χ0n) is 12.0. The standard InChI is InChI=1S/C11H19N3O5S2.ClH/c1-19-8-7-13-5-6-14-21(17,18)11-4-2-3-10(9-11)20(12,15)16;/h2-4,9,13-14H,5-8H2,1H3,(H2,12,15,16);1H. The van der Waals surface area contributed by atoms with E-state index < -0.39 is 20.0 Å². The van der Waals surface area contributed by atoms with Crippen LogP contribution in [0.25, 0.3) is 0 Å². The molecule has 0 saturated heterocycles. The molecule has 0 atom stereocenters. The summed E-state index contributed by atoms with van der Waals surface area (Å²) in [6, 6.07) is 4.89. The number of nitrogens with two attached hydrogens (primary N) is 1. The van der Waals surface area contributed by atoms with Crippen LogP contribution in [0, 0.1) is 0 Å². The van der Waals surface area contributed by atoms with Crippen molar-refractivity contribution >= 4 is 32.5 Å². The van der Waals surface area contributed by atoms with Crippen molar-refractivity contribution in [3.05, 3.63) is 24.3 Å². The van der Waals surface area contributed by atoms with Crippen molar-refractivity contribution in [3.8, 4) is 0 Å². The quantitative estimate of drug-likeness (QED) is 0.490. The van der Waals surface area contributed by atoms with Crippen molar-refractivity contribution in [1.82, 2.24) is 10.0 Å². The van der Waals surface area contributed by atoms with E-state index in [1.54, 1.807) is 7.11 Å². The zero-order chi connectivity index (χ0) is 15.9. The molecule has 4 N–H and O–H groups in total. The normalized spacial score (nSPS) is 11.9. The van der Waals surface area contributed by atoms with Crippen LogP contribution in [0.15, 0.2) is 34.1 Å². The Kier molecular flexibility index (Phi) is 9.08. The average Bonchev–Trinajstić information content (AvgIpc) is 2.42. The molecule has 0 heterocycles. The molecule has 0 radical (unpaired) electrons. The van der Waals surface area contributed by atoms with Crippen LogP contribution in [-0.4, -0.2) is 50.2 Å². The van der Waals surface area contributed by atoms with Gasteiger partial charge in [-0.25, -0.2) is 26.7 Å². The number of benzene rings is 1. The van der Waals surface area contributed by atoms with E-state index in [-0.39, 0.29) is 28.7 Å². The largest absolute Gasteiger partial charge is 0.383 e. The van der Waals surface area contributed by atoms with E-state index >= 15 is 0 Å². The molecule has 0 spiro atoms. The number of ether oxygens (including phenoxy) is 1. The van der Waals surface area contributed by atoms with Gasteiger partial charge in [-0.2, -0.15) is 0 Å². The first-order chi connectivity index (χ1) is 9.77. The van der Waals surface area contributed by atoms with Gasteiger partial charge in [0, 0.05) is 26.7 Å². The molecule has 0 saturated carbocycles. The average molecular weight is 374 g/mol. The lowest BCUT2D eigenvalue weighted by Gasteiger charge is -2.08. The molecule has 0 aromatic heterocycles. The molecule has 22 heavy (non-hydrogen) atoms. The summed E-state index contributed by atoms with van der Waals surface area (Å²) in [5.41, 5.74) is 0. The highest BCUT2D eigenvalue weighted by Gasteiger charge is 2.16. The predicted molar refractivity (Wildman–Crippen MR) is 85.0 cm³/mol. The topological polar surface area (TPSA) is 128 Å². The third-order valence-electron chi connectivity index (χ3n) is 2.52. The lowest BCUT2D eigenvalue weighted by atomic mass is 10.4. The Morgan fingerprint density at radius 2 is 1.73 bits per heavy atom. The van der Waals surface area contributed by atoms with Crippen LogP contribution < -0.4 is 15.2 Å². The molecule has 128 valence electrons. The van der Waals surface area contributed by atoms with Gasteiger partial charge in [-0.3, -0.25) is 0 Å². The lowest BCUT2D eigenvalue weighted by Crippen LogP contribution is -2.33. The molecule has 0 unspecified atom stereocenters. The van der Waals surface area contributed by atoms with Crippen LogP contribution >= 0.6 is 12.4 Å². The Balaban J connectivity index is 0.00000441. The minimum atomic E-state index is -3.94. The van der Waals surface area contributed by atoms with E-state index in [4.69, 9.17) is 9.88 Å². The molecule has 0 bridgehead atoms. The molecule has 0 amide bonds.